The van der Waals surface area contributed by atoms with Crippen molar-refractivity contribution in [1.82, 2.24) is 20.2 Å². The number of rotatable bonds is 9. The molecule has 0 saturated carbocycles. The lowest BCUT2D eigenvalue weighted by Crippen LogP contribution is -2.42. The molecule has 0 radical (unpaired) electrons. The van der Waals surface area contributed by atoms with E-state index in [0.29, 0.717) is 38.8 Å². The fraction of sp³-hybridized carbons (Fsp3) is 0.706. The van der Waals surface area contributed by atoms with Crippen molar-refractivity contribution in [3.05, 3.63) is 18.0 Å². The number of hydrogen-bond donors (Lipinski definition) is 2. The first-order valence-electron chi connectivity index (χ1n) is 9.10. The first kappa shape index (κ1) is 22.2. The molecule has 0 spiro atoms. The molecule has 2 rings (SSSR count). The van der Waals surface area contributed by atoms with Crippen molar-refractivity contribution in [2.24, 2.45) is 10.9 Å². The van der Waals surface area contributed by atoms with E-state index in [2.05, 4.69) is 30.5 Å². The van der Waals surface area contributed by atoms with Crippen LogP contribution in [-0.2, 0) is 15.7 Å². The number of methoxy groups -OCH3 is 1. The maximum Gasteiger partial charge on any atom is 0.433 e. The standard InChI is InChI=1S/C17H27F3N6O2/c1-21-16(26-8-4-13(11-26)12-28-10-9-27-2)24-7-6-23-15-22-5-3-14(25-15)17(18,19)20/h3,5,13H,4,6-12H2,1-2H3,(H,21,24)(H,22,23,25). The number of halogens is 3. The Kier molecular flexibility index (Phi) is 8.71. The fourth-order valence-electron chi connectivity index (χ4n) is 2.84. The molecule has 1 aliphatic heterocycles. The molecule has 8 nitrogen and oxygen atoms in total. The zero-order valence-corrected chi connectivity index (χ0v) is 16.1. The van der Waals surface area contributed by atoms with E-state index in [1.165, 1.54) is 0 Å². The van der Waals surface area contributed by atoms with Crippen LogP contribution in [0.25, 0.3) is 0 Å². The van der Waals surface area contributed by atoms with E-state index >= 15 is 0 Å². The van der Waals surface area contributed by atoms with Gasteiger partial charge in [0.2, 0.25) is 5.95 Å². The van der Waals surface area contributed by atoms with Crippen molar-refractivity contribution in [2.75, 3.05) is 65.5 Å². The minimum atomic E-state index is -4.49. The van der Waals surface area contributed by atoms with E-state index < -0.39 is 11.9 Å². The van der Waals surface area contributed by atoms with Crippen molar-refractivity contribution in [3.63, 3.8) is 0 Å². The minimum absolute atomic E-state index is 0.0546. The monoisotopic (exact) mass is 404 g/mol. The van der Waals surface area contributed by atoms with Crippen LogP contribution in [0.2, 0.25) is 0 Å². The summed E-state index contributed by atoms with van der Waals surface area (Å²) in [6.07, 6.45) is -2.38. The summed E-state index contributed by atoms with van der Waals surface area (Å²) in [4.78, 5) is 13.7. The zero-order valence-electron chi connectivity index (χ0n) is 16.1. The van der Waals surface area contributed by atoms with Gasteiger partial charge in [0.05, 0.1) is 19.8 Å². The van der Waals surface area contributed by atoms with E-state index in [-0.39, 0.29) is 5.95 Å². The van der Waals surface area contributed by atoms with Crippen LogP contribution >= 0.6 is 0 Å². The van der Waals surface area contributed by atoms with E-state index in [9.17, 15) is 13.2 Å². The van der Waals surface area contributed by atoms with Gasteiger partial charge in [0, 0.05) is 52.5 Å². The molecule has 11 heteroatoms. The average molecular weight is 404 g/mol. The Hall–Kier alpha value is -2.14. The molecule has 1 atom stereocenters. The van der Waals surface area contributed by atoms with Crippen molar-refractivity contribution in [2.45, 2.75) is 12.6 Å². The highest BCUT2D eigenvalue weighted by atomic mass is 19.4. The summed E-state index contributed by atoms with van der Waals surface area (Å²) in [7, 11) is 3.35. The van der Waals surface area contributed by atoms with Gasteiger partial charge in [-0.1, -0.05) is 0 Å². The number of nitrogens with zero attached hydrogens (tertiary/aromatic N) is 4. The number of guanidine groups is 1. The lowest BCUT2D eigenvalue weighted by molar-refractivity contribution is -0.141. The normalized spacial score (nSPS) is 17.8. The first-order chi connectivity index (χ1) is 13.4. The van der Waals surface area contributed by atoms with Gasteiger partial charge in [-0.15, -0.1) is 0 Å². The molecule has 2 heterocycles. The van der Waals surface area contributed by atoms with Crippen LogP contribution < -0.4 is 10.6 Å². The number of nitrogens with one attached hydrogen (secondary N) is 2. The molecule has 0 aliphatic carbocycles. The molecule has 0 bridgehead atoms. The minimum Gasteiger partial charge on any atom is -0.382 e. The molecular formula is C17H27F3N6O2. The topological polar surface area (TPSA) is 83.9 Å². The molecule has 2 N–H and O–H groups in total. The van der Waals surface area contributed by atoms with E-state index in [1.54, 1.807) is 14.2 Å². The number of alkyl halides is 3. The van der Waals surface area contributed by atoms with Crippen LogP contribution in [0.5, 0.6) is 0 Å². The van der Waals surface area contributed by atoms with Gasteiger partial charge in [0.1, 0.15) is 5.69 Å². The number of likely N-dealkylation sites (tertiary alicyclic amines) is 1. The van der Waals surface area contributed by atoms with Gasteiger partial charge in [-0.2, -0.15) is 13.2 Å². The van der Waals surface area contributed by atoms with Crippen LogP contribution in [0.1, 0.15) is 12.1 Å². The lowest BCUT2D eigenvalue weighted by Gasteiger charge is -2.22. The molecule has 1 saturated heterocycles. The van der Waals surface area contributed by atoms with Crippen LogP contribution in [0, 0.1) is 5.92 Å². The number of ether oxygens (including phenoxy) is 2. The second kappa shape index (κ2) is 11.0. The Morgan fingerprint density at radius 1 is 1.36 bits per heavy atom. The maximum atomic E-state index is 12.7. The number of aromatic nitrogens is 2. The van der Waals surface area contributed by atoms with Gasteiger partial charge < -0.3 is 25.0 Å². The molecule has 0 aromatic carbocycles. The van der Waals surface area contributed by atoms with Crippen molar-refractivity contribution in [3.8, 4) is 0 Å². The first-order valence-corrected chi connectivity index (χ1v) is 9.10. The van der Waals surface area contributed by atoms with E-state index in [0.717, 1.165) is 37.7 Å². The Morgan fingerprint density at radius 2 is 2.18 bits per heavy atom. The van der Waals surface area contributed by atoms with Gasteiger partial charge >= 0.3 is 6.18 Å². The quantitative estimate of drug-likeness (QED) is 0.366. The van der Waals surface area contributed by atoms with Crippen molar-refractivity contribution >= 4 is 11.9 Å². The molecule has 1 unspecified atom stereocenters. The largest absolute Gasteiger partial charge is 0.433 e. The third-order valence-electron chi connectivity index (χ3n) is 4.22. The highest BCUT2D eigenvalue weighted by molar-refractivity contribution is 5.80. The summed E-state index contributed by atoms with van der Waals surface area (Å²) in [6.45, 7) is 4.41. The Labute approximate surface area is 162 Å². The predicted molar refractivity (Wildman–Crippen MR) is 99.3 cm³/mol. The van der Waals surface area contributed by atoms with E-state index in [4.69, 9.17) is 9.47 Å². The molecule has 1 aliphatic rings. The summed E-state index contributed by atoms with van der Waals surface area (Å²) in [5.41, 5.74) is -0.968. The van der Waals surface area contributed by atoms with Crippen molar-refractivity contribution < 1.29 is 22.6 Å². The Bertz CT molecular complexity index is 629. The molecule has 0 amide bonds. The van der Waals surface area contributed by atoms with Crippen molar-refractivity contribution in [1.29, 1.82) is 0 Å². The molecule has 28 heavy (non-hydrogen) atoms. The second-order valence-corrected chi connectivity index (χ2v) is 6.33. The SMILES string of the molecule is CN=C(NCCNc1nccc(C(F)(F)F)n1)N1CCC(COCCOC)C1. The number of hydrogen-bond acceptors (Lipinski definition) is 6. The zero-order chi connectivity index (χ0) is 20.4. The Balaban J connectivity index is 1.70. The molecule has 1 aromatic heterocycles. The number of aliphatic imine (C=N–C) groups is 1. The highest BCUT2D eigenvalue weighted by Gasteiger charge is 2.32. The third-order valence-corrected chi connectivity index (χ3v) is 4.22. The van der Waals surface area contributed by atoms with Crippen LogP contribution in [0.3, 0.4) is 0 Å². The summed E-state index contributed by atoms with van der Waals surface area (Å²) in [5.74, 6) is 1.14. The fourth-order valence-corrected chi connectivity index (χ4v) is 2.84. The van der Waals surface area contributed by atoms with Crippen LogP contribution in [0.4, 0.5) is 19.1 Å². The number of anilines is 1. The van der Waals surface area contributed by atoms with Gasteiger partial charge in [-0.3, -0.25) is 4.99 Å². The molecule has 1 fully saturated rings. The summed E-state index contributed by atoms with van der Waals surface area (Å²) in [5, 5.41) is 5.98. The molecular weight excluding hydrogens is 377 g/mol. The molecule has 158 valence electrons. The van der Waals surface area contributed by atoms with Gasteiger partial charge in [0.25, 0.3) is 0 Å². The molecule has 1 aromatic rings. The van der Waals surface area contributed by atoms with Crippen LogP contribution in [0.15, 0.2) is 17.3 Å². The average Bonchev–Trinajstić information content (AvgIpc) is 3.13. The van der Waals surface area contributed by atoms with Gasteiger partial charge in [-0.05, 0) is 12.5 Å². The summed E-state index contributed by atoms with van der Waals surface area (Å²) >= 11 is 0. The van der Waals surface area contributed by atoms with Gasteiger partial charge in [-0.25, -0.2) is 9.97 Å². The van der Waals surface area contributed by atoms with Crippen LogP contribution in [-0.4, -0.2) is 81.0 Å². The second-order valence-electron chi connectivity index (χ2n) is 6.33. The highest BCUT2D eigenvalue weighted by Crippen LogP contribution is 2.27. The third kappa shape index (κ3) is 7.12. The lowest BCUT2D eigenvalue weighted by atomic mass is 10.1. The smallest absolute Gasteiger partial charge is 0.382 e. The predicted octanol–water partition coefficient (Wildman–Crippen LogP) is 1.47. The van der Waals surface area contributed by atoms with E-state index in [1.807, 2.05) is 0 Å². The summed E-state index contributed by atoms with van der Waals surface area (Å²) in [6, 6.07) is 0.841. The maximum absolute atomic E-state index is 12.7. The Morgan fingerprint density at radius 3 is 2.89 bits per heavy atom. The summed E-state index contributed by atoms with van der Waals surface area (Å²) < 4.78 is 48.5. The van der Waals surface area contributed by atoms with Gasteiger partial charge in [0.15, 0.2) is 5.96 Å².